The summed E-state index contributed by atoms with van der Waals surface area (Å²) in [4.78, 5) is 14.0. The highest BCUT2D eigenvalue weighted by molar-refractivity contribution is 5.87. The predicted molar refractivity (Wildman–Crippen MR) is 100 cm³/mol. The van der Waals surface area contributed by atoms with Crippen molar-refractivity contribution in [2.75, 3.05) is 19.7 Å². The molecule has 2 N–H and O–H groups in total. The average Bonchev–Trinajstić information content (AvgIpc) is 2.86. The van der Waals surface area contributed by atoms with Crippen LogP contribution in [-0.4, -0.2) is 41.2 Å². The summed E-state index contributed by atoms with van der Waals surface area (Å²) < 4.78 is 8.01. The number of ether oxygens (including phenoxy) is 1. The highest BCUT2D eigenvalue weighted by Gasteiger charge is 2.23. The number of fused-ring (bicyclic) bond motifs is 1. The average molecular weight is 343 g/mol. The number of benzene rings is 1. The molecule has 1 aromatic heterocycles. The first-order chi connectivity index (χ1) is 12.1. The highest BCUT2D eigenvalue weighted by atomic mass is 16.5. The SMILES string of the molecule is CCCOC1CCCN(Cc2c(C)n(CC(N)=O)c3ccccc23)C1. The van der Waals surface area contributed by atoms with Crippen molar-refractivity contribution < 1.29 is 9.53 Å². The van der Waals surface area contributed by atoms with Gasteiger partial charge in [0.1, 0.15) is 6.54 Å². The maximum Gasteiger partial charge on any atom is 0.237 e. The van der Waals surface area contributed by atoms with Crippen LogP contribution in [0.1, 0.15) is 37.4 Å². The van der Waals surface area contributed by atoms with E-state index in [1.165, 1.54) is 17.4 Å². The molecular weight excluding hydrogens is 314 g/mol. The lowest BCUT2D eigenvalue weighted by molar-refractivity contribution is -0.118. The van der Waals surface area contributed by atoms with Crippen LogP contribution >= 0.6 is 0 Å². The summed E-state index contributed by atoms with van der Waals surface area (Å²) in [6.45, 7) is 8.29. The van der Waals surface area contributed by atoms with E-state index in [1.807, 2.05) is 10.6 Å². The first-order valence-electron chi connectivity index (χ1n) is 9.29. The van der Waals surface area contributed by atoms with Crippen molar-refractivity contribution >= 4 is 16.8 Å². The van der Waals surface area contributed by atoms with Crippen molar-refractivity contribution in [3.63, 3.8) is 0 Å². The quantitative estimate of drug-likeness (QED) is 0.841. The first kappa shape index (κ1) is 18.0. The first-order valence-corrected chi connectivity index (χ1v) is 9.29. The Kier molecular flexibility index (Phi) is 5.76. The summed E-state index contributed by atoms with van der Waals surface area (Å²) in [5.74, 6) is -0.304. The van der Waals surface area contributed by atoms with Crippen LogP contribution in [0, 0.1) is 6.92 Å². The summed E-state index contributed by atoms with van der Waals surface area (Å²) in [5, 5.41) is 1.22. The summed E-state index contributed by atoms with van der Waals surface area (Å²) in [5.41, 5.74) is 8.98. The Hall–Kier alpha value is -1.85. The van der Waals surface area contributed by atoms with Crippen molar-refractivity contribution in [1.29, 1.82) is 0 Å². The van der Waals surface area contributed by atoms with E-state index in [9.17, 15) is 4.79 Å². The zero-order valence-corrected chi connectivity index (χ0v) is 15.3. The summed E-state index contributed by atoms with van der Waals surface area (Å²) in [6.07, 6.45) is 3.73. The Labute approximate surface area is 149 Å². The number of piperidine rings is 1. The van der Waals surface area contributed by atoms with Crippen LogP contribution in [0.3, 0.4) is 0 Å². The van der Waals surface area contributed by atoms with Gasteiger partial charge < -0.3 is 15.0 Å². The van der Waals surface area contributed by atoms with Gasteiger partial charge in [0, 0.05) is 36.3 Å². The van der Waals surface area contributed by atoms with E-state index < -0.39 is 0 Å². The molecule has 0 spiro atoms. The zero-order chi connectivity index (χ0) is 17.8. The number of rotatable bonds is 7. The minimum Gasteiger partial charge on any atom is -0.377 e. The molecule has 1 aliphatic heterocycles. The van der Waals surface area contributed by atoms with Crippen LogP contribution in [0.15, 0.2) is 24.3 Å². The fourth-order valence-electron chi connectivity index (χ4n) is 3.86. The molecule has 3 rings (SSSR count). The van der Waals surface area contributed by atoms with Gasteiger partial charge in [-0.05, 0) is 44.4 Å². The Morgan fingerprint density at radius 1 is 1.36 bits per heavy atom. The lowest BCUT2D eigenvalue weighted by Gasteiger charge is -2.32. The van der Waals surface area contributed by atoms with Gasteiger partial charge in [-0.3, -0.25) is 9.69 Å². The Morgan fingerprint density at radius 2 is 2.16 bits per heavy atom. The number of hydrogen-bond donors (Lipinski definition) is 1. The largest absolute Gasteiger partial charge is 0.377 e. The number of nitrogens with zero attached hydrogens (tertiary/aromatic N) is 2. The molecule has 1 unspecified atom stereocenters. The minimum atomic E-state index is -0.304. The topological polar surface area (TPSA) is 60.5 Å². The van der Waals surface area contributed by atoms with Crippen molar-refractivity contribution in [2.45, 2.75) is 52.3 Å². The number of carbonyl (C=O) groups excluding carboxylic acids is 1. The number of likely N-dealkylation sites (tertiary alicyclic amines) is 1. The highest BCUT2D eigenvalue weighted by Crippen LogP contribution is 2.28. The molecule has 1 fully saturated rings. The minimum absolute atomic E-state index is 0.231. The number of para-hydroxylation sites is 1. The predicted octanol–water partition coefficient (Wildman–Crippen LogP) is 2.83. The molecule has 1 saturated heterocycles. The normalized spacial score (nSPS) is 18.7. The van der Waals surface area contributed by atoms with Crippen LogP contribution in [-0.2, 0) is 22.6 Å². The number of primary amides is 1. The smallest absolute Gasteiger partial charge is 0.237 e. The molecule has 136 valence electrons. The second kappa shape index (κ2) is 8.02. The van der Waals surface area contributed by atoms with Gasteiger partial charge in [0.15, 0.2) is 0 Å². The summed E-state index contributed by atoms with van der Waals surface area (Å²) >= 11 is 0. The second-order valence-electron chi connectivity index (χ2n) is 7.00. The molecule has 2 aromatic rings. The van der Waals surface area contributed by atoms with Gasteiger partial charge in [-0.1, -0.05) is 25.1 Å². The van der Waals surface area contributed by atoms with E-state index in [0.717, 1.165) is 50.3 Å². The molecule has 0 radical (unpaired) electrons. The van der Waals surface area contributed by atoms with Crippen LogP contribution in [0.25, 0.3) is 10.9 Å². The van der Waals surface area contributed by atoms with E-state index in [2.05, 4.69) is 36.9 Å². The number of hydrogen-bond acceptors (Lipinski definition) is 3. The standard InChI is InChI=1S/C20H29N3O2/c1-3-11-25-16-7-6-10-22(12-16)13-18-15(2)23(14-20(21)24)19-9-5-4-8-17(18)19/h4-5,8-9,16H,3,6-7,10-14H2,1-2H3,(H2,21,24). The van der Waals surface area contributed by atoms with E-state index in [0.29, 0.717) is 6.10 Å². The zero-order valence-electron chi connectivity index (χ0n) is 15.3. The fourth-order valence-corrected chi connectivity index (χ4v) is 3.86. The van der Waals surface area contributed by atoms with Crippen molar-refractivity contribution in [3.8, 4) is 0 Å². The van der Waals surface area contributed by atoms with Crippen molar-refractivity contribution in [3.05, 3.63) is 35.5 Å². The molecule has 1 aliphatic rings. The maximum atomic E-state index is 11.5. The van der Waals surface area contributed by atoms with E-state index in [1.54, 1.807) is 0 Å². The molecule has 1 aromatic carbocycles. The second-order valence-corrected chi connectivity index (χ2v) is 7.00. The molecule has 5 nitrogen and oxygen atoms in total. The fraction of sp³-hybridized carbons (Fsp3) is 0.550. The molecule has 1 amide bonds. The number of amides is 1. The number of aromatic nitrogens is 1. The Bertz CT molecular complexity index is 738. The van der Waals surface area contributed by atoms with Crippen molar-refractivity contribution in [2.24, 2.45) is 5.73 Å². The third-order valence-corrected chi connectivity index (χ3v) is 5.08. The summed E-state index contributed by atoms with van der Waals surface area (Å²) in [6, 6.07) is 8.28. The molecule has 0 aliphatic carbocycles. The maximum absolute atomic E-state index is 11.5. The van der Waals surface area contributed by atoms with Gasteiger partial charge in [0.2, 0.25) is 5.91 Å². The van der Waals surface area contributed by atoms with Crippen LogP contribution < -0.4 is 5.73 Å². The number of carbonyl (C=O) groups is 1. The Balaban J connectivity index is 1.83. The lowest BCUT2D eigenvalue weighted by atomic mass is 10.1. The third kappa shape index (κ3) is 4.05. The van der Waals surface area contributed by atoms with Gasteiger partial charge in [0.25, 0.3) is 0 Å². The molecule has 0 bridgehead atoms. The Morgan fingerprint density at radius 3 is 2.92 bits per heavy atom. The van der Waals surface area contributed by atoms with Crippen LogP contribution in [0.4, 0.5) is 0 Å². The van der Waals surface area contributed by atoms with Crippen LogP contribution in [0.5, 0.6) is 0 Å². The molecular formula is C20H29N3O2. The van der Waals surface area contributed by atoms with Crippen molar-refractivity contribution in [1.82, 2.24) is 9.47 Å². The molecule has 1 atom stereocenters. The lowest BCUT2D eigenvalue weighted by Crippen LogP contribution is -2.39. The van der Waals surface area contributed by atoms with E-state index in [4.69, 9.17) is 10.5 Å². The van der Waals surface area contributed by atoms with E-state index >= 15 is 0 Å². The van der Waals surface area contributed by atoms with Gasteiger partial charge in [0.05, 0.1) is 6.10 Å². The monoisotopic (exact) mass is 343 g/mol. The van der Waals surface area contributed by atoms with Gasteiger partial charge in [-0.15, -0.1) is 0 Å². The van der Waals surface area contributed by atoms with Gasteiger partial charge in [-0.2, -0.15) is 0 Å². The molecule has 0 saturated carbocycles. The molecule has 25 heavy (non-hydrogen) atoms. The molecule has 2 heterocycles. The van der Waals surface area contributed by atoms with Gasteiger partial charge in [-0.25, -0.2) is 0 Å². The molecule has 5 heteroatoms. The van der Waals surface area contributed by atoms with E-state index in [-0.39, 0.29) is 12.5 Å². The third-order valence-electron chi connectivity index (χ3n) is 5.08. The van der Waals surface area contributed by atoms with Crippen LogP contribution in [0.2, 0.25) is 0 Å². The number of nitrogens with two attached hydrogens (primary N) is 1. The summed E-state index contributed by atoms with van der Waals surface area (Å²) in [7, 11) is 0. The van der Waals surface area contributed by atoms with Gasteiger partial charge >= 0.3 is 0 Å².